The third kappa shape index (κ3) is 5.28. The molecule has 0 bridgehead atoms. The third-order valence-electron chi connectivity index (χ3n) is 2.73. The van der Waals surface area contributed by atoms with Crippen LogP contribution in [0.4, 0.5) is 0 Å². The number of aliphatic hydroxyl groups excluding tert-OH is 1. The van der Waals surface area contributed by atoms with Crippen LogP contribution in [-0.4, -0.2) is 35.1 Å². The monoisotopic (exact) mass is 273 g/mol. The van der Waals surface area contributed by atoms with E-state index in [1.807, 2.05) is 0 Å². The molecule has 0 radical (unpaired) electrons. The molecule has 3 unspecified atom stereocenters. The lowest BCUT2D eigenvalue weighted by molar-refractivity contribution is -0.167. The van der Waals surface area contributed by atoms with E-state index in [0.29, 0.717) is 0 Å². The SMILES string of the molecule is CC(O)C(OC(=O)C(C)(C)C)C(N)C(=O)C(C)(C)C. The average molecular weight is 273 g/mol. The predicted octanol–water partition coefficient (Wildman–Crippen LogP) is 1.27. The quantitative estimate of drug-likeness (QED) is 0.753. The zero-order valence-electron chi connectivity index (χ0n) is 13.0. The van der Waals surface area contributed by atoms with Gasteiger partial charge in [-0.05, 0) is 27.7 Å². The summed E-state index contributed by atoms with van der Waals surface area (Å²) in [7, 11) is 0. The van der Waals surface area contributed by atoms with Crippen molar-refractivity contribution in [1.82, 2.24) is 0 Å². The van der Waals surface area contributed by atoms with Crippen molar-refractivity contribution in [2.24, 2.45) is 16.6 Å². The van der Waals surface area contributed by atoms with Crippen LogP contribution in [-0.2, 0) is 14.3 Å². The smallest absolute Gasteiger partial charge is 0.311 e. The number of hydrogen-bond donors (Lipinski definition) is 2. The number of esters is 1. The van der Waals surface area contributed by atoms with Crippen molar-refractivity contribution in [3.05, 3.63) is 0 Å². The lowest BCUT2D eigenvalue weighted by Gasteiger charge is -2.31. The predicted molar refractivity (Wildman–Crippen MR) is 73.5 cm³/mol. The molecule has 5 nitrogen and oxygen atoms in total. The van der Waals surface area contributed by atoms with Crippen LogP contribution in [0.2, 0.25) is 0 Å². The third-order valence-corrected chi connectivity index (χ3v) is 2.73. The Balaban J connectivity index is 5.05. The summed E-state index contributed by atoms with van der Waals surface area (Å²) in [5, 5.41) is 9.70. The first-order valence-corrected chi connectivity index (χ1v) is 6.47. The molecule has 0 saturated carbocycles. The molecule has 0 aliphatic carbocycles. The molecule has 0 aromatic carbocycles. The van der Waals surface area contributed by atoms with Gasteiger partial charge in [-0.1, -0.05) is 20.8 Å². The Labute approximate surface area is 115 Å². The second kappa shape index (κ2) is 6.01. The van der Waals surface area contributed by atoms with E-state index in [9.17, 15) is 14.7 Å². The molecule has 112 valence electrons. The molecule has 0 aliphatic rings. The fraction of sp³-hybridized carbons (Fsp3) is 0.857. The molecular weight excluding hydrogens is 246 g/mol. The van der Waals surface area contributed by atoms with E-state index >= 15 is 0 Å². The summed E-state index contributed by atoms with van der Waals surface area (Å²) in [5.41, 5.74) is 4.49. The molecule has 0 aromatic rings. The van der Waals surface area contributed by atoms with E-state index in [1.54, 1.807) is 41.5 Å². The highest BCUT2D eigenvalue weighted by Gasteiger charge is 2.38. The Bertz CT molecular complexity index is 336. The van der Waals surface area contributed by atoms with E-state index in [0.717, 1.165) is 0 Å². The van der Waals surface area contributed by atoms with Crippen LogP contribution in [0.15, 0.2) is 0 Å². The normalized spacial score (nSPS) is 17.5. The van der Waals surface area contributed by atoms with Crippen LogP contribution in [0.3, 0.4) is 0 Å². The number of ketones is 1. The van der Waals surface area contributed by atoms with Gasteiger partial charge in [0, 0.05) is 5.41 Å². The highest BCUT2D eigenvalue weighted by molar-refractivity contribution is 5.89. The fourth-order valence-electron chi connectivity index (χ4n) is 1.42. The van der Waals surface area contributed by atoms with Gasteiger partial charge in [-0.2, -0.15) is 0 Å². The van der Waals surface area contributed by atoms with E-state index in [-0.39, 0.29) is 5.78 Å². The second-order valence-corrected chi connectivity index (χ2v) is 7.00. The first kappa shape index (κ1) is 18.1. The van der Waals surface area contributed by atoms with Gasteiger partial charge in [-0.3, -0.25) is 9.59 Å². The maximum Gasteiger partial charge on any atom is 0.311 e. The molecule has 0 aromatic heterocycles. The van der Waals surface area contributed by atoms with Crippen molar-refractivity contribution in [1.29, 1.82) is 0 Å². The van der Waals surface area contributed by atoms with Crippen LogP contribution in [0.1, 0.15) is 48.5 Å². The summed E-state index contributed by atoms with van der Waals surface area (Å²) < 4.78 is 5.22. The van der Waals surface area contributed by atoms with Crippen molar-refractivity contribution in [3.8, 4) is 0 Å². The number of ether oxygens (including phenoxy) is 1. The standard InChI is InChI=1S/C14H27NO4/c1-8(16)10(19-12(18)14(5,6)7)9(15)11(17)13(2,3)4/h8-10,16H,15H2,1-7H3. The zero-order chi connectivity index (χ0) is 15.6. The number of aliphatic hydroxyl groups is 1. The van der Waals surface area contributed by atoms with Crippen LogP contribution in [0, 0.1) is 10.8 Å². The summed E-state index contributed by atoms with van der Waals surface area (Å²) in [6.07, 6.45) is -2.04. The second-order valence-electron chi connectivity index (χ2n) is 7.00. The van der Waals surface area contributed by atoms with Gasteiger partial charge >= 0.3 is 5.97 Å². The number of Topliss-reactive ketones (excluding diaryl/α,β-unsaturated/α-hetero) is 1. The van der Waals surface area contributed by atoms with E-state index in [2.05, 4.69) is 0 Å². The Morgan fingerprint density at radius 1 is 1.05 bits per heavy atom. The summed E-state index contributed by atoms with van der Waals surface area (Å²) in [6, 6.07) is -1.04. The van der Waals surface area contributed by atoms with Gasteiger partial charge in [0.15, 0.2) is 5.78 Å². The summed E-state index contributed by atoms with van der Waals surface area (Å²) in [4.78, 5) is 24.0. The molecule has 0 amide bonds. The lowest BCUT2D eigenvalue weighted by Crippen LogP contribution is -2.53. The summed E-state index contributed by atoms with van der Waals surface area (Å²) in [6.45, 7) is 11.8. The molecular formula is C14H27NO4. The topological polar surface area (TPSA) is 89.6 Å². The van der Waals surface area contributed by atoms with Gasteiger partial charge in [-0.25, -0.2) is 0 Å². The Morgan fingerprint density at radius 3 is 1.74 bits per heavy atom. The molecule has 0 heterocycles. The minimum atomic E-state index is -1.04. The molecule has 0 fully saturated rings. The van der Waals surface area contributed by atoms with Crippen LogP contribution < -0.4 is 5.73 Å². The first-order valence-electron chi connectivity index (χ1n) is 6.47. The van der Waals surface area contributed by atoms with Crippen LogP contribution in [0.25, 0.3) is 0 Å². The summed E-state index contributed by atoms with van der Waals surface area (Å²) >= 11 is 0. The van der Waals surface area contributed by atoms with Crippen LogP contribution in [0.5, 0.6) is 0 Å². The van der Waals surface area contributed by atoms with Crippen molar-refractivity contribution in [2.75, 3.05) is 0 Å². The van der Waals surface area contributed by atoms with E-state index in [4.69, 9.17) is 10.5 Å². The number of rotatable bonds is 4. The molecule has 0 rings (SSSR count). The minimum Gasteiger partial charge on any atom is -0.457 e. The Hall–Kier alpha value is -0.940. The molecule has 19 heavy (non-hydrogen) atoms. The van der Waals surface area contributed by atoms with Gasteiger partial charge in [-0.15, -0.1) is 0 Å². The van der Waals surface area contributed by atoms with Crippen molar-refractivity contribution in [2.45, 2.75) is 66.7 Å². The molecule has 3 atom stereocenters. The molecule has 0 aliphatic heterocycles. The maximum absolute atomic E-state index is 12.1. The summed E-state index contributed by atoms with van der Waals surface area (Å²) in [5.74, 6) is -0.740. The van der Waals surface area contributed by atoms with Crippen molar-refractivity contribution >= 4 is 11.8 Å². The van der Waals surface area contributed by atoms with Crippen molar-refractivity contribution < 1.29 is 19.4 Å². The zero-order valence-corrected chi connectivity index (χ0v) is 13.0. The van der Waals surface area contributed by atoms with Gasteiger partial charge in [0.2, 0.25) is 0 Å². The van der Waals surface area contributed by atoms with E-state index < -0.39 is 35.0 Å². The highest BCUT2D eigenvalue weighted by atomic mass is 16.6. The highest BCUT2D eigenvalue weighted by Crippen LogP contribution is 2.22. The number of carbonyl (C=O) groups is 2. The van der Waals surface area contributed by atoms with Gasteiger partial charge in [0.05, 0.1) is 11.5 Å². The van der Waals surface area contributed by atoms with Crippen LogP contribution >= 0.6 is 0 Å². The Kier molecular flexibility index (Phi) is 5.71. The van der Waals surface area contributed by atoms with Gasteiger partial charge in [0.1, 0.15) is 12.1 Å². The molecule has 5 heteroatoms. The average Bonchev–Trinajstić information content (AvgIpc) is 2.20. The number of hydrogen-bond acceptors (Lipinski definition) is 5. The Morgan fingerprint density at radius 2 is 1.47 bits per heavy atom. The molecule has 0 saturated heterocycles. The maximum atomic E-state index is 12.1. The number of nitrogens with two attached hydrogens (primary N) is 1. The number of carbonyl (C=O) groups excluding carboxylic acids is 2. The lowest BCUT2D eigenvalue weighted by atomic mass is 9.84. The fourth-order valence-corrected chi connectivity index (χ4v) is 1.42. The first-order chi connectivity index (χ1) is 8.28. The van der Waals surface area contributed by atoms with Crippen molar-refractivity contribution in [3.63, 3.8) is 0 Å². The minimum absolute atomic E-state index is 0.250. The molecule has 3 N–H and O–H groups in total. The van der Waals surface area contributed by atoms with E-state index in [1.165, 1.54) is 6.92 Å². The largest absolute Gasteiger partial charge is 0.457 e. The molecule has 0 spiro atoms. The van der Waals surface area contributed by atoms with Gasteiger partial charge in [0.25, 0.3) is 0 Å². The van der Waals surface area contributed by atoms with Gasteiger partial charge < -0.3 is 15.6 Å².